The predicted molar refractivity (Wildman–Crippen MR) is 71.0 cm³/mol. The fraction of sp³-hybridized carbons (Fsp3) is 0.167. The van der Waals surface area contributed by atoms with Gasteiger partial charge in [-0.3, -0.25) is 4.79 Å². The van der Waals surface area contributed by atoms with Crippen molar-refractivity contribution in [3.05, 3.63) is 46.5 Å². The zero-order valence-electron chi connectivity index (χ0n) is 9.67. The summed E-state index contributed by atoms with van der Waals surface area (Å²) in [7, 11) is 1.83. The summed E-state index contributed by atoms with van der Waals surface area (Å²) in [6.07, 6.45) is 1.83. The molecule has 2 aromatic rings. The molecule has 1 aromatic heterocycles. The summed E-state index contributed by atoms with van der Waals surface area (Å²) in [5.41, 5.74) is 0. The van der Waals surface area contributed by atoms with E-state index in [1.165, 1.54) is 17.4 Å². The summed E-state index contributed by atoms with van der Waals surface area (Å²) in [5, 5.41) is 1.86. The first-order chi connectivity index (χ1) is 8.66. The summed E-state index contributed by atoms with van der Waals surface area (Å²) in [6, 6.07) is 6.39. The third-order valence-corrected chi connectivity index (χ3v) is 4.05. The minimum absolute atomic E-state index is 0.138. The molecule has 0 aliphatic heterocycles. The van der Waals surface area contributed by atoms with E-state index in [0.29, 0.717) is 9.70 Å². The lowest BCUT2D eigenvalue weighted by molar-refractivity contribution is -0.115. The Kier molecular flexibility index (Phi) is 4.33. The second kappa shape index (κ2) is 5.97. The van der Waals surface area contributed by atoms with Crippen LogP contribution in [0.2, 0.25) is 0 Å². The van der Waals surface area contributed by atoms with Crippen molar-refractivity contribution in [3.8, 4) is 0 Å². The lowest BCUT2D eigenvalue weighted by atomic mass is 10.3. The molecule has 0 bridgehead atoms. The number of thiazole rings is 1. The van der Waals surface area contributed by atoms with Crippen molar-refractivity contribution in [2.24, 2.45) is 12.0 Å². The van der Waals surface area contributed by atoms with Crippen molar-refractivity contribution in [2.45, 2.75) is 4.90 Å². The predicted octanol–water partition coefficient (Wildman–Crippen LogP) is 2.45. The van der Waals surface area contributed by atoms with Gasteiger partial charge in [0.2, 0.25) is 0 Å². The van der Waals surface area contributed by atoms with Crippen LogP contribution >= 0.6 is 23.1 Å². The molecule has 0 unspecified atom stereocenters. The topological polar surface area (TPSA) is 34.4 Å². The van der Waals surface area contributed by atoms with Crippen LogP contribution in [0.1, 0.15) is 0 Å². The number of halogens is 1. The van der Waals surface area contributed by atoms with Crippen LogP contribution in [0.25, 0.3) is 0 Å². The number of hydrogen-bond donors (Lipinski definition) is 0. The number of nitrogens with zero attached hydrogens (tertiary/aromatic N) is 2. The molecule has 0 atom stereocenters. The fourth-order valence-corrected chi connectivity index (χ4v) is 2.75. The molecule has 1 heterocycles. The second-order valence-electron chi connectivity index (χ2n) is 3.52. The van der Waals surface area contributed by atoms with E-state index in [4.69, 9.17) is 0 Å². The van der Waals surface area contributed by atoms with Crippen LogP contribution in [-0.4, -0.2) is 16.2 Å². The maximum absolute atomic E-state index is 13.3. The summed E-state index contributed by atoms with van der Waals surface area (Å²) in [5.74, 6) is -0.433. The maximum atomic E-state index is 13.3. The van der Waals surface area contributed by atoms with Crippen molar-refractivity contribution in [1.29, 1.82) is 0 Å². The Morgan fingerprint density at radius 2 is 2.28 bits per heavy atom. The average molecular weight is 282 g/mol. The number of carbonyl (C=O) groups excluding carboxylic acids is 1. The summed E-state index contributed by atoms with van der Waals surface area (Å²) in [6.45, 7) is 0. The van der Waals surface area contributed by atoms with Crippen LogP contribution < -0.4 is 4.80 Å². The molecular weight excluding hydrogens is 271 g/mol. The van der Waals surface area contributed by atoms with Gasteiger partial charge in [-0.2, -0.15) is 4.99 Å². The van der Waals surface area contributed by atoms with E-state index < -0.39 is 0 Å². The quantitative estimate of drug-likeness (QED) is 0.810. The van der Waals surface area contributed by atoms with Gasteiger partial charge in [-0.25, -0.2) is 4.39 Å². The first kappa shape index (κ1) is 13.0. The van der Waals surface area contributed by atoms with Crippen LogP contribution in [-0.2, 0) is 11.8 Å². The van der Waals surface area contributed by atoms with Gasteiger partial charge in [0.1, 0.15) is 5.82 Å². The number of rotatable bonds is 3. The number of carbonyl (C=O) groups is 1. The SMILES string of the molecule is Cn1ccsc1=NC(=O)CSc1ccccc1F. The zero-order valence-corrected chi connectivity index (χ0v) is 11.3. The monoisotopic (exact) mass is 282 g/mol. The minimum Gasteiger partial charge on any atom is -0.327 e. The van der Waals surface area contributed by atoms with Crippen molar-refractivity contribution in [3.63, 3.8) is 0 Å². The number of aromatic nitrogens is 1. The first-order valence-corrected chi connectivity index (χ1v) is 7.08. The third kappa shape index (κ3) is 3.30. The van der Waals surface area contributed by atoms with Gasteiger partial charge in [0.15, 0.2) is 4.80 Å². The Balaban J connectivity index is 2.02. The van der Waals surface area contributed by atoms with Gasteiger partial charge in [0, 0.05) is 23.5 Å². The highest BCUT2D eigenvalue weighted by molar-refractivity contribution is 8.00. The number of aryl methyl sites for hydroxylation is 1. The Morgan fingerprint density at radius 3 is 2.94 bits per heavy atom. The fourth-order valence-electron chi connectivity index (χ4n) is 1.27. The molecule has 1 amide bonds. The molecule has 0 spiro atoms. The van der Waals surface area contributed by atoms with E-state index in [1.54, 1.807) is 22.8 Å². The van der Waals surface area contributed by atoms with E-state index >= 15 is 0 Å². The van der Waals surface area contributed by atoms with E-state index in [9.17, 15) is 9.18 Å². The third-order valence-electron chi connectivity index (χ3n) is 2.17. The summed E-state index contributed by atoms with van der Waals surface area (Å²) in [4.78, 5) is 16.7. The highest BCUT2D eigenvalue weighted by atomic mass is 32.2. The van der Waals surface area contributed by atoms with Crippen LogP contribution in [0, 0.1) is 5.82 Å². The number of thioether (sulfide) groups is 1. The molecule has 0 N–H and O–H groups in total. The normalized spacial score (nSPS) is 11.8. The second-order valence-corrected chi connectivity index (χ2v) is 5.41. The molecule has 3 nitrogen and oxygen atoms in total. The van der Waals surface area contributed by atoms with Gasteiger partial charge in [-0.1, -0.05) is 12.1 Å². The highest BCUT2D eigenvalue weighted by Gasteiger charge is 2.05. The number of benzene rings is 1. The van der Waals surface area contributed by atoms with Crippen LogP contribution in [0.4, 0.5) is 4.39 Å². The smallest absolute Gasteiger partial charge is 0.258 e. The Labute approximate surface area is 112 Å². The van der Waals surface area contributed by atoms with Crippen molar-refractivity contribution < 1.29 is 9.18 Å². The first-order valence-electron chi connectivity index (χ1n) is 5.22. The molecule has 0 saturated carbocycles. The van der Waals surface area contributed by atoms with Gasteiger partial charge in [-0.05, 0) is 12.1 Å². The maximum Gasteiger partial charge on any atom is 0.258 e. The van der Waals surface area contributed by atoms with Gasteiger partial charge < -0.3 is 4.57 Å². The number of hydrogen-bond acceptors (Lipinski definition) is 3. The van der Waals surface area contributed by atoms with E-state index in [1.807, 2.05) is 18.6 Å². The lowest BCUT2D eigenvalue weighted by Crippen LogP contribution is -2.13. The van der Waals surface area contributed by atoms with E-state index in [0.717, 1.165) is 11.8 Å². The molecule has 0 aliphatic carbocycles. The van der Waals surface area contributed by atoms with Gasteiger partial charge in [0.05, 0.1) is 5.75 Å². The van der Waals surface area contributed by atoms with Crippen molar-refractivity contribution in [2.75, 3.05) is 5.75 Å². The molecular formula is C12H11FN2OS2. The largest absolute Gasteiger partial charge is 0.327 e. The molecule has 0 fully saturated rings. The lowest BCUT2D eigenvalue weighted by Gasteiger charge is -1.99. The molecule has 0 saturated heterocycles. The zero-order chi connectivity index (χ0) is 13.0. The van der Waals surface area contributed by atoms with Gasteiger partial charge in [-0.15, -0.1) is 23.1 Å². The van der Waals surface area contributed by atoms with Crippen LogP contribution in [0.15, 0.2) is 45.7 Å². The summed E-state index contributed by atoms with van der Waals surface area (Å²) >= 11 is 2.55. The van der Waals surface area contributed by atoms with Crippen LogP contribution in [0.5, 0.6) is 0 Å². The molecule has 94 valence electrons. The standard InChI is InChI=1S/C12H11FN2OS2/c1-15-6-7-17-12(15)14-11(16)8-18-10-5-3-2-4-9(10)13/h2-7H,8H2,1H3. The Morgan fingerprint density at radius 1 is 1.50 bits per heavy atom. The van der Waals surface area contributed by atoms with Crippen molar-refractivity contribution >= 4 is 29.0 Å². The molecule has 6 heteroatoms. The van der Waals surface area contributed by atoms with Gasteiger partial charge in [0.25, 0.3) is 5.91 Å². The van der Waals surface area contributed by atoms with Crippen LogP contribution in [0.3, 0.4) is 0 Å². The Bertz CT molecular complexity index is 618. The average Bonchev–Trinajstić information content (AvgIpc) is 2.74. The van der Waals surface area contributed by atoms with E-state index in [-0.39, 0.29) is 17.5 Å². The van der Waals surface area contributed by atoms with E-state index in [2.05, 4.69) is 4.99 Å². The molecule has 2 rings (SSSR count). The molecule has 0 radical (unpaired) electrons. The van der Waals surface area contributed by atoms with Gasteiger partial charge >= 0.3 is 0 Å². The minimum atomic E-state index is -0.308. The summed E-state index contributed by atoms with van der Waals surface area (Å²) < 4.78 is 15.1. The highest BCUT2D eigenvalue weighted by Crippen LogP contribution is 2.20. The molecule has 1 aromatic carbocycles. The molecule has 18 heavy (non-hydrogen) atoms. The molecule has 0 aliphatic rings. The Hall–Kier alpha value is -1.40. The van der Waals surface area contributed by atoms with Crippen molar-refractivity contribution in [1.82, 2.24) is 4.57 Å². The number of amides is 1.